The highest BCUT2D eigenvalue weighted by Gasteiger charge is 2.60. The van der Waals surface area contributed by atoms with E-state index in [1.165, 1.54) is 39.5 Å². The highest BCUT2D eigenvalue weighted by atomic mass is 17.2. The SMILES string of the molecule is C1CCNCC1.CC.CCCN(CCC)C12C=C(OCCOOC)N=C(N)C1C2.[HH]. The van der Waals surface area contributed by atoms with Gasteiger partial charge >= 0.3 is 0 Å². The molecular formula is C22H46N4O3. The predicted molar refractivity (Wildman–Crippen MR) is 122 cm³/mol. The summed E-state index contributed by atoms with van der Waals surface area (Å²) in [5.74, 6) is 1.65. The van der Waals surface area contributed by atoms with Gasteiger partial charge in [-0.2, -0.15) is 0 Å². The van der Waals surface area contributed by atoms with Crippen LogP contribution in [0.25, 0.3) is 0 Å². The minimum Gasteiger partial charge on any atom is -0.475 e. The van der Waals surface area contributed by atoms with Crippen molar-refractivity contribution < 1.29 is 15.9 Å². The number of aliphatic imine (C=N–C) groups is 1. The van der Waals surface area contributed by atoms with E-state index in [4.69, 9.17) is 15.4 Å². The fourth-order valence-corrected chi connectivity index (χ4v) is 3.89. The van der Waals surface area contributed by atoms with E-state index >= 15 is 0 Å². The highest BCUT2D eigenvalue weighted by molar-refractivity contribution is 5.90. The molecule has 0 aromatic rings. The number of nitrogens with zero attached hydrogens (tertiary/aromatic N) is 2. The lowest BCUT2D eigenvalue weighted by Gasteiger charge is -2.32. The van der Waals surface area contributed by atoms with E-state index in [2.05, 4.69) is 40.0 Å². The second kappa shape index (κ2) is 14.8. The largest absolute Gasteiger partial charge is 0.475 e. The van der Waals surface area contributed by atoms with Crippen LogP contribution in [-0.4, -0.2) is 62.8 Å². The van der Waals surface area contributed by atoms with Crippen molar-refractivity contribution in [1.82, 2.24) is 10.2 Å². The fraction of sp³-hybridized carbons (Fsp3) is 0.864. The van der Waals surface area contributed by atoms with Crippen LogP contribution in [0.4, 0.5) is 0 Å². The molecule has 0 aromatic heterocycles. The molecule has 7 nitrogen and oxygen atoms in total. The molecule has 3 rings (SSSR count). The molecule has 0 radical (unpaired) electrons. The number of nitrogens with one attached hydrogen (secondary N) is 1. The van der Waals surface area contributed by atoms with E-state index in [0.717, 1.165) is 32.4 Å². The minimum absolute atomic E-state index is 0. The quantitative estimate of drug-likeness (QED) is 0.322. The highest BCUT2D eigenvalue weighted by Crippen LogP contribution is 2.52. The molecule has 2 fully saturated rings. The minimum atomic E-state index is 0. The van der Waals surface area contributed by atoms with Gasteiger partial charge in [-0.25, -0.2) is 14.8 Å². The first kappa shape index (κ1) is 25.9. The van der Waals surface area contributed by atoms with Crippen LogP contribution in [0.2, 0.25) is 0 Å². The molecule has 1 aliphatic carbocycles. The molecule has 172 valence electrons. The number of rotatable bonds is 10. The summed E-state index contributed by atoms with van der Waals surface area (Å²) in [6.07, 6.45) is 9.68. The van der Waals surface area contributed by atoms with Crippen molar-refractivity contribution in [1.29, 1.82) is 0 Å². The van der Waals surface area contributed by atoms with Crippen LogP contribution in [0, 0.1) is 5.92 Å². The lowest BCUT2D eigenvalue weighted by Crippen LogP contribution is -2.42. The van der Waals surface area contributed by atoms with Crippen molar-refractivity contribution in [3.63, 3.8) is 0 Å². The second-order valence-electron chi connectivity index (χ2n) is 7.40. The Morgan fingerprint density at radius 1 is 1.17 bits per heavy atom. The predicted octanol–water partition coefficient (Wildman–Crippen LogP) is 3.71. The smallest absolute Gasteiger partial charge is 0.212 e. The zero-order valence-corrected chi connectivity index (χ0v) is 19.3. The molecule has 29 heavy (non-hydrogen) atoms. The number of fused-ring (bicyclic) bond motifs is 1. The van der Waals surface area contributed by atoms with Gasteiger partial charge in [0.1, 0.15) is 19.0 Å². The maximum atomic E-state index is 6.10. The van der Waals surface area contributed by atoms with Crippen molar-refractivity contribution in [3.8, 4) is 0 Å². The summed E-state index contributed by atoms with van der Waals surface area (Å²) in [7, 11) is 1.48. The lowest BCUT2D eigenvalue weighted by molar-refractivity contribution is -0.276. The van der Waals surface area contributed by atoms with E-state index in [1.54, 1.807) is 0 Å². The van der Waals surface area contributed by atoms with Gasteiger partial charge in [-0.1, -0.05) is 34.1 Å². The van der Waals surface area contributed by atoms with E-state index in [1.807, 2.05) is 13.8 Å². The Kier molecular flexibility index (Phi) is 13.2. The molecule has 1 saturated heterocycles. The Hall–Kier alpha value is -1.15. The van der Waals surface area contributed by atoms with Gasteiger partial charge in [0.05, 0.1) is 12.6 Å². The van der Waals surface area contributed by atoms with Gasteiger partial charge in [-0.3, -0.25) is 4.90 Å². The van der Waals surface area contributed by atoms with Gasteiger partial charge < -0.3 is 15.8 Å². The Balaban J connectivity index is 0.000000792. The molecule has 2 atom stereocenters. The normalized spacial score (nSPS) is 24.8. The van der Waals surface area contributed by atoms with Crippen molar-refractivity contribution in [2.45, 2.75) is 71.8 Å². The van der Waals surface area contributed by atoms with E-state index in [9.17, 15) is 0 Å². The summed E-state index contributed by atoms with van der Waals surface area (Å²) in [6.45, 7) is 13.8. The number of nitrogens with two attached hydrogens (primary N) is 1. The molecule has 0 amide bonds. The molecule has 3 N–H and O–H groups in total. The number of piperidine rings is 1. The number of amidine groups is 1. The molecule has 7 heteroatoms. The van der Waals surface area contributed by atoms with Gasteiger partial charge in [-0.15, -0.1) is 0 Å². The third kappa shape index (κ3) is 8.24. The molecule has 1 saturated carbocycles. The Morgan fingerprint density at radius 2 is 1.83 bits per heavy atom. The number of hydrogen-bond donors (Lipinski definition) is 2. The van der Waals surface area contributed by atoms with Gasteiger partial charge in [-0.05, 0) is 64.4 Å². The molecule has 0 aromatic carbocycles. The molecule has 0 spiro atoms. The third-order valence-electron chi connectivity index (χ3n) is 5.26. The second-order valence-corrected chi connectivity index (χ2v) is 7.40. The lowest BCUT2D eigenvalue weighted by atomic mass is 10.1. The maximum Gasteiger partial charge on any atom is 0.212 e. The average molecular weight is 415 g/mol. The summed E-state index contributed by atoms with van der Waals surface area (Å²) < 4.78 is 5.65. The average Bonchev–Trinajstić information content (AvgIpc) is 3.51. The summed E-state index contributed by atoms with van der Waals surface area (Å²) in [6, 6.07) is 0. The summed E-state index contributed by atoms with van der Waals surface area (Å²) in [4.78, 5) is 16.2. The molecule has 2 heterocycles. The maximum absolute atomic E-state index is 6.10. The first-order chi connectivity index (χ1) is 14.2. The van der Waals surface area contributed by atoms with E-state index in [0.29, 0.717) is 30.9 Å². The van der Waals surface area contributed by atoms with Crippen LogP contribution in [0.5, 0.6) is 0 Å². The Labute approximate surface area is 179 Å². The van der Waals surface area contributed by atoms with Crippen LogP contribution >= 0.6 is 0 Å². The van der Waals surface area contributed by atoms with Crippen LogP contribution in [-0.2, 0) is 14.5 Å². The van der Waals surface area contributed by atoms with Crippen LogP contribution in [0.1, 0.15) is 67.6 Å². The molecule has 2 aliphatic heterocycles. The summed E-state index contributed by atoms with van der Waals surface area (Å²) >= 11 is 0. The van der Waals surface area contributed by atoms with Crippen molar-refractivity contribution >= 4 is 5.84 Å². The first-order valence-corrected chi connectivity index (χ1v) is 11.5. The summed E-state index contributed by atoms with van der Waals surface area (Å²) in [5, 5.41) is 3.28. The van der Waals surface area contributed by atoms with Crippen LogP contribution in [0.3, 0.4) is 0 Å². The number of hydrogen-bond acceptors (Lipinski definition) is 7. The standard InChI is InChI=1S/C15H27N3O3.C5H11N.C2H6.H2/c1-4-6-18(7-5-2)15-10-12(15)14(16)17-13(11-15)20-8-9-21-19-3;1-2-4-6-5-3-1;1-2;/h11-12H,4-10H2,1-3H3,(H2,16,17);6H,1-5H2;1-2H3;1H. The zero-order valence-electron chi connectivity index (χ0n) is 19.3. The molecule has 0 bridgehead atoms. The Morgan fingerprint density at radius 3 is 2.31 bits per heavy atom. The molecular weight excluding hydrogens is 368 g/mol. The zero-order chi connectivity index (χ0) is 21.5. The van der Waals surface area contributed by atoms with E-state index < -0.39 is 0 Å². The number of ether oxygens (including phenoxy) is 1. The van der Waals surface area contributed by atoms with Gasteiger partial charge in [0.15, 0.2) is 0 Å². The van der Waals surface area contributed by atoms with Crippen LogP contribution in [0.15, 0.2) is 17.0 Å². The fourth-order valence-electron chi connectivity index (χ4n) is 3.89. The monoisotopic (exact) mass is 414 g/mol. The van der Waals surface area contributed by atoms with Gasteiger partial charge in [0, 0.05) is 7.34 Å². The first-order valence-electron chi connectivity index (χ1n) is 11.5. The molecule has 2 unspecified atom stereocenters. The van der Waals surface area contributed by atoms with E-state index in [-0.39, 0.29) is 6.97 Å². The van der Waals surface area contributed by atoms with Crippen molar-refractivity contribution in [3.05, 3.63) is 12.0 Å². The van der Waals surface area contributed by atoms with Gasteiger partial charge in [0.25, 0.3) is 0 Å². The van der Waals surface area contributed by atoms with Crippen LogP contribution < -0.4 is 11.1 Å². The third-order valence-corrected chi connectivity index (χ3v) is 5.26. The van der Waals surface area contributed by atoms with Gasteiger partial charge in [0.2, 0.25) is 5.88 Å². The van der Waals surface area contributed by atoms with Crippen molar-refractivity contribution in [2.75, 3.05) is 46.5 Å². The Bertz CT molecular complexity index is 483. The topological polar surface area (TPSA) is 81.3 Å². The molecule has 3 aliphatic rings. The summed E-state index contributed by atoms with van der Waals surface area (Å²) in [5.41, 5.74) is 6.13. The van der Waals surface area contributed by atoms with Crippen molar-refractivity contribution in [2.24, 2.45) is 16.6 Å².